The van der Waals surface area contributed by atoms with Gasteiger partial charge in [-0.3, -0.25) is 0 Å². The highest BCUT2D eigenvalue weighted by molar-refractivity contribution is 5.59. The molecule has 0 aliphatic carbocycles. The summed E-state index contributed by atoms with van der Waals surface area (Å²) in [6.45, 7) is 2.50. The van der Waals surface area contributed by atoms with Crippen LogP contribution in [-0.2, 0) is 6.54 Å². The minimum absolute atomic E-state index is 0.215. The number of ether oxygens (including phenoxy) is 2. The number of nitrogens with one attached hydrogen (secondary N) is 1. The van der Waals surface area contributed by atoms with Crippen molar-refractivity contribution in [3.8, 4) is 11.5 Å². The largest absolute Gasteiger partial charge is 0.497 e. The second-order valence-corrected chi connectivity index (χ2v) is 4.49. The minimum Gasteiger partial charge on any atom is -0.497 e. The predicted octanol–water partition coefficient (Wildman–Crippen LogP) is 3.76. The van der Waals surface area contributed by atoms with Gasteiger partial charge in [0.05, 0.1) is 19.9 Å². The van der Waals surface area contributed by atoms with Crippen molar-refractivity contribution in [1.82, 2.24) is 0 Å². The zero-order valence-electron chi connectivity index (χ0n) is 11.9. The number of rotatable bonds is 5. The Balaban J connectivity index is 2.14. The average molecular weight is 275 g/mol. The normalized spacial score (nSPS) is 10.2. The second-order valence-electron chi connectivity index (χ2n) is 4.49. The molecular formula is C16H18FNO2. The van der Waals surface area contributed by atoms with Gasteiger partial charge in [-0.15, -0.1) is 0 Å². The van der Waals surface area contributed by atoms with Crippen molar-refractivity contribution in [3.63, 3.8) is 0 Å². The quantitative estimate of drug-likeness (QED) is 0.901. The fraction of sp³-hybridized carbons (Fsp3) is 0.250. The molecule has 20 heavy (non-hydrogen) atoms. The maximum absolute atomic E-state index is 13.1. The van der Waals surface area contributed by atoms with Crippen LogP contribution in [0.1, 0.15) is 11.1 Å². The van der Waals surface area contributed by atoms with Crippen molar-refractivity contribution in [2.45, 2.75) is 13.5 Å². The molecule has 0 aliphatic heterocycles. The minimum atomic E-state index is -0.215. The maximum atomic E-state index is 13.1. The van der Waals surface area contributed by atoms with Crippen LogP contribution in [0.15, 0.2) is 36.4 Å². The topological polar surface area (TPSA) is 30.5 Å². The van der Waals surface area contributed by atoms with E-state index in [1.165, 1.54) is 12.1 Å². The van der Waals surface area contributed by atoms with Crippen molar-refractivity contribution in [2.75, 3.05) is 19.5 Å². The van der Waals surface area contributed by atoms with Crippen LogP contribution in [0.2, 0.25) is 0 Å². The number of hydrogen-bond donors (Lipinski definition) is 1. The summed E-state index contributed by atoms with van der Waals surface area (Å²) in [6.07, 6.45) is 0. The van der Waals surface area contributed by atoms with E-state index in [1.807, 2.05) is 25.1 Å². The van der Waals surface area contributed by atoms with E-state index in [4.69, 9.17) is 9.47 Å². The molecule has 0 atom stereocenters. The SMILES string of the molecule is COc1ccc(NCc2ccc(F)cc2C)c(OC)c1. The first-order chi connectivity index (χ1) is 9.63. The molecule has 0 saturated heterocycles. The van der Waals surface area contributed by atoms with Gasteiger partial charge in [0.2, 0.25) is 0 Å². The zero-order valence-corrected chi connectivity index (χ0v) is 11.9. The Morgan fingerprint density at radius 2 is 1.85 bits per heavy atom. The zero-order chi connectivity index (χ0) is 14.5. The highest BCUT2D eigenvalue weighted by Gasteiger charge is 2.06. The Kier molecular flexibility index (Phi) is 4.45. The summed E-state index contributed by atoms with van der Waals surface area (Å²) in [5, 5.41) is 3.29. The molecule has 4 heteroatoms. The van der Waals surface area contributed by atoms with Gasteiger partial charge in [0.25, 0.3) is 0 Å². The van der Waals surface area contributed by atoms with Gasteiger partial charge in [-0.25, -0.2) is 4.39 Å². The number of hydrogen-bond acceptors (Lipinski definition) is 3. The summed E-state index contributed by atoms with van der Waals surface area (Å²) in [5.41, 5.74) is 2.84. The summed E-state index contributed by atoms with van der Waals surface area (Å²) >= 11 is 0. The molecule has 0 saturated carbocycles. The first-order valence-electron chi connectivity index (χ1n) is 6.35. The molecule has 106 valence electrons. The maximum Gasteiger partial charge on any atom is 0.145 e. The van der Waals surface area contributed by atoms with E-state index in [2.05, 4.69) is 5.32 Å². The van der Waals surface area contributed by atoms with Gasteiger partial charge in [0.15, 0.2) is 0 Å². The fourth-order valence-electron chi connectivity index (χ4n) is 1.99. The van der Waals surface area contributed by atoms with Gasteiger partial charge in [-0.2, -0.15) is 0 Å². The summed E-state index contributed by atoms with van der Waals surface area (Å²) in [7, 11) is 3.23. The van der Waals surface area contributed by atoms with Crippen LogP contribution in [0.25, 0.3) is 0 Å². The molecule has 2 aromatic rings. The summed E-state index contributed by atoms with van der Waals surface area (Å²) < 4.78 is 23.5. The number of aryl methyl sites for hydroxylation is 1. The Morgan fingerprint density at radius 3 is 2.50 bits per heavy atom. The third-order valence-corrected chi connectivity index (χ3v) is 3.18. The number of anilines is 1. The molecule has 0 bridgehead atoms. The van der Waals surface area contributed by atoms with E-state index in [1.54, 1.807) is 20.3 Å². The Labute approximate surface area is 118 Å². The molecule has 0 heterocycles. The van der Waals surface area contributed by atoms with Crippen LogP contribution < -0.4 is 14.8 Å². The van der Waals surface area contributed by atoms with Gasteiger partial charge in [-0.05, 0) is 42.3 Å². The van der Waals surface area contributed by atoms with Crippen LogP contribution in [-0.4, -0.2) is 14.2 Å². The standard InChI is InChI=1S/C16H18FNO2/c1-11-8-13(17)5-4-12(11)10-18-15-7-6-14(19-2)9-16(15)20-3/h4-9,18H,10H2,1-3H3. The molecule has 0 fully saturated rings. The molecule has 0 spiro atoms. The van der Waals surface area contributed by atoms with Gasteiger partial charge in [0.1, 0.15) is 17.3 Å². The van der Waals surface area contributed by atoms with Crippen LogP contribution in [0.4, 0.5) is 10.1 Å². The monoisotopic (exact) mass is 275 g/mol. The highest BCUT2D eigenvalue weighted by atomic mass is 19.1. The first kappa shape index (κ1) is 14.2. The predicted molar refractivity (Wildman–Crippen MR) is 78.0 cm³/mol. The van der Waals surface area contributed by atoms with Gasteiger partial charge >= 0.3 is 0 Å². The summed E-state index contributed by atoms with van der Waals surface area (Å²) in [6, 6.07) is 10.4. The van der Waals surface area contributed by atoms with Crippen LogP contribution in [0.5, 0.6) is 11.5 Å². The van der Waals surface area contributed by atoms with E-state index in [-0.39, 0.29) is 5.82 Å². The smallest absolute Gasteiger partial charge is 0.145 e. The van der Waals surface area contributed by atoms with Crippen molar-refractivity contribution in [3.05, 3.63) is 53.3 Å². The third-order valence-electron chi connectivity index (χ3n) is 3.18. The summed E-state index contributed by atoms with van der Waals surface area (Å²) in [5.74, 6) is 1.24. The molecular weight excluding hydrogens is 257 g/mol. The van der Waals surface area contributed by atoms with E-state index in [0.717, 1.165) is 22.6 Å². The summed E-state index contributed by atoms with van der Waals surface area (Å²) in [4.78, 5) is 0. The van der Waals surface area contributed by atoms with E-state index >= 15 is 0 Å². The van der Waals surface area contributed by atoms with Gasteiger partial charge in [0, 0.05) is 12.6 Å². The molecule has 3 nitrogen and oxygen atoms in total. The lowest BCUT2D eigenvalue weighted by molar-refractivity contribution is 0.395. The van der Waals surface area contributed by atoms with Crippen molar-refractivity contribution in [2.24, 2.45) is 0 Å². The Hall–Kier alpha value is -2.23. The lowest BCUT2D eigenvalue weighted by Gasteiger charge is -2.13. The molecule has 2 rings (SSSR count). The molecule has 0 unspecified atom stereocenters. The lowest BCUT2D eigenvalue weighted by atomic mass is 10.1. The van der Waals surface area contributed by atoms with E-state index in [9.17, 15) is 4.39 Å². The number of methoxy groups -OCH3 is 2. The second kappa shape index (κ2) is 6.28. The van der Waals surface area contributed by atoms with Crippen LogP contribution in [0, 0.1) is 12.7 Å². The van der Waals surface area contributed by atoms with Crippen molar-refractivity contribution < 1.29 is 13.9 Å². The van der Waals surface area contributed by atoms with Gasteiger partial charge in [-0.1, -0.05) is 6.07 Å². The van der Waals surface area contributed by atoms with Gasteiger partial charge < -0.3 is 14.8 Å². The van der Waals surface area contributed by atoms with Crippen LogP contribution in [0.3, 0.4) is 0 Å². The molecule has 0 radical (unpaired) electrons. The molecule has 0 aliphatic rings. The van der Waals surface area contributed by atoms with E-state index in [0.29, 0.717) is 12.3 Å². The first-order valence-corrected chi connectivity index (χ1v) is 6.35. The Morgan fingerprint density at radius 1 is 1.05 bits per heavy atom. The van der Waals surface area contributed by atoms with Crippen molar-refractivity contribution >= 4 is 5.69 Å². The molecule has 0 aromatic heterocycles. The molecule has 1 N–H and O–H groups in total. The molecule has 0 amide bonds. The Bertz CT molecular complexity index is 599. The van der Waals surface area contributed by atoms with Crippen LogP contribution >= 0.6 is 0 Å². The lowest BCUT2D eigenvalue weighted by Crippen LogP contribution is -2.03. The van der Waals surface area contributed by atoms with E-state index < -0.39 is 0 Å². The third kappa shape index (κ3) is 3.20. The number of halogens is 1. The number of benzene rings is 2. The van der Waals surface area contributed by atoms with Crippen molar-refractivity contribution in [1.29, 1.82) is 0 Å². The molecule has 2 aromatic carbocycles. The average Bonchev–Trinajstić information content (AvgIpc) is 2.46. The fourth-order valence-corrected chi connectivity index (χ4v) is 1.99. The highest BCUT2D eigenvalue weighted by Crippen LogP contribution is 2.29.